The molecule has 0 radical (unpaired) electrons. The fourth-order valence-corrected chi connectivity index (χ4v) is 2.66. The van der Waals surface area contributed by atoms with E-state index in [1.165, 1.54) is 23.1 Å². The van der Waals surface area contributed by atoms with E-state index in [-0.39, 0.29) is 24.1 Å². The highest BCUT2D eigenvalue weighted by atomic mass is 19.1. The molecule has 0 aliphatic rings. The number of hydrogen-bond acceptors (Lipinski definition) is 1. The molecule has 1 amide bonds. The molecule has 3 aromatic rings. The minimum absolute atomic E-state index is 0.168. The number of nitrogens with zero attached hydrogens (tertiary/aromatic N) is 2. The number of hydrogen-bond donors (Lipinski definition) is 0. The quantitative estimate of drug-likeness (QED) is 0.723. The van der Waals surface area contributed by atoms with Crippen LogP contribution in [0.3, 0.4) is 0 Å². The molecule has 0 saturated carbocycles. The average Bonchev–Trinajstić information content (AvgIpc) is 2.85. The molecule has 0 saturated heterocycles. The second kappa shape index (κ2) is 5.83. The van der Waals surface area contributed by atoms with Crippen molar-refractivity contribution in [3.8, 4) is 0 Å². The van der Waals surface area contributed by atoms with Crippen molar-refractivity contribution in [2.45, 2.75) is 6.54 Å². The van der Waals surface area contributed by atoms with Crippen molar-refractivity contribution in [3.05, 3.63) is 71.4 Å². The Bertz CT molecular complexity index is 886. The zero-order chi connectivity index (χ0) is 16.6. The van der Waals surface area contributed by atoms with Gasteiger partial charge in [-0.25, -0.2) is 8.78 Å². The third-order valence-corrected chi connectivity index (χ3v) is 3.94. The summed E-state index contributed by atoms with van der Waals surface area (Å²) in [6, 6.07) is 12.5. The molecule has 1 heterocycles. The van der Waals surface area contributed by atoms with Crippen LogP contribution in [0.1, 0.15) is 16.1 Å². The van der Waals surface area contributed by atoms with Gasteiger partial charge in [0.05, 0.1) is 5.52 Å². The molecule has 0 N–H and O–H groups in total. The number of benzene rings is 2. The molecule has 0 unspecified atom stereocenters. The first kappa shape index (κ1) is 15.2. The summed E-state index contributed by atoms with van der Waals surface area (Å²) in [4.78, 5) is 14.1. The molecule has 118 valence electrons. The summed E-state index contributed by atoms with van der Waals surface area (Å²) >= 11 is 0. The molecular weight excluding hydrogens is 298 g/mol. The third-order valence-electron chi connectivity index (χ3n) is 3.94. The monoisotopic (exact) mass is 314 g/mol. The fraction of sp³-hybridized carbons (Fsp3) is 0.167. The SMILES string of the molecule is CN(Cc1ccccc1F)C(=O)c1cc2ccc(F)cc2n1C. The standard InChI is InChI=1S/C18H16F2N2O/c1-21(11-13-5-3-4-6-15(13)20)18(23)17-9-12-7-8-14(19)10-16(12)22(17)2/h3-10H,11H2,1-2H3. The number of aryl methyl sites for hydroxylation is 1. The molecule has 1 aromatic heterocycles. The Kier molecular flexibility index (Phi) is 3.86. The van der Waals surface area contributed by atoms with E-state index in [4.69, 9.17) is 0 Å². The van der Waals surface area contributed by atoms with Gasteiger partial charge in [-0.3, -0.25) is 4.79 Å². The number of carbonyl (C=O) groups excluding carboxylic acids is 1. The Morgan fingerprint density at radius 3 is 2.61 bits per heavy atom. The molecule has 0 atom stereocenters. The van der Waals surface area contributed by atoms with Crippen molar-refractivity contribution < 1.29 is 13.6 Å². The van der Waals surface area contributed by atoms with Crippen molar-refractivity contribution in [2.24, 2.45) is 7.05 Å². The van der Waals surface area contributed by atoms with Crippen LogP contribution in [0.4, 0.5) is 8.78 Å². The maximum absolute atomic E-state index is 13.7. The lowest BCUT2D eigenvalue weighted by Gasteiger charge is -2.18. The van der Waals surface area contributed by atoms with Crippen LogP contribution in [-0.4, -0.2) is 22.4 Å². The third kappa shape index (κ3) is 2.82. The van der Waals surface area contributed by atoms with Crippen molar-refractivity contribution in [1.29, 1.82) is 0 Å². The predicted molar refractivity (Wildman–Crippen MR) is 85.1 cm³/mol. The lowest BCUT2D eigenvalue weighted by molar-refractivity contribution is 0.0775. The van der Waals surface area contributed by atoms with Crippen molar-refractivity contribution in [2.75, 3.05) is 7.05 Å². The first-order valence-corrected chi connectivity index (χ1v) is 7.21. The Morgan fingerprint density at radius 1 is 1.13 bits per heavy atom. The van der Waals surface area contributed by atoms with Crippen molar-refractivity contribution >= 4 is 16.8 Å². The van der Waals surface area contributed by atoms with Gasteiger partial charge in [-0.05, 0) is 30.3 Å². The Balaban J connectivity index is 1.91. The Hall–Kier alpha value is -2.69. The zero-order valence-corrected chi connectivity index (χ0v) is 12.9. The van der Waals surface area contributed by atoms with Gasteiger partial charge in [0.1, 0.15) is 17.3 Å². The molecule has 0 spiro atoms. The highest BCUT2D eigenvalue weighted by molar-refractivity contribution is 5.98. The van der Waals surface area contributed by atoms with Crippen LogP contribution in [0, 0.1) is 11.6 Å². The van der Waals surface area contributed by atoms with E-state index < -0.39 is 0 Å². The second-order valence-corrected chi connectivity index (χ2v) is 5.54. The van der Waals surface area contributed by atoms with Crippen LogP contribution < -0.4 is 0 Å². The lowest BCUT2D eigenvalue weighted by Crippen LogP contribution is -2.28. The summed E-state index contributed by atoms with van der Waals surface area (Å²) in [5.41, 5.74) is 1.53. The molecular formula is C18H16F2N2O. The van der Waals surface area contributed by atoms with Crippen LogP contribution in [0.15, 0.2) is 48.5 Å². The number of rotatable bonds is 3. The van der Waals surface area contributed by atoms with Crippen molar-refractivity contribution in [3.63, 3.8) is 0 Å². The number of carbonyl (C=O) groups is 1. The van der Waals surface area contributed by atoms with E-state index in [0.717, 1.165) is 5.39 Å². The van der Waals surface area contributed by atoms with Crippen LogP contribution in [0.2, 0.25) is 0 Å². The van der Waals surface area contributed by atoms with Gasteiger partial charge >= 0.3 is 0 Å². The van der Waals surface area contributed by atoms with Gasteiger partial charge < -0.3 is 9.47 Å². The number of aromatic nitrogens is 1. The van der Waals surface area contributed by atoms with E-state index in [9.17, 15) is 13.6 Å². The van der Waals surface area contributed by atoms with Crippen LogP contribution >= 0.6 is 0 Å². The zero-order valence-electron chi connectivity index (χ0n) is 12.9. The first-order valence-electron chi connectivity index (χ1n) is 7.21. The van der Waals surface area contributed by atoms with Gasteiger partial charge in [0.2, 0.25) is 0 Å². The molecule has 23 heavy (non-hydrogen) atoms. The van der Waals surface area contributed by atoms with E-state index in [1.54, 1.807) is 49.0 Å². The molecule has 0 aliphatic heterocycles. The van der Waals surface area contributed by atoms with Crippen LogP contribution in [-0.2, 0) is 13.6 Å². The molecule has 3 nitrogen and oxygen atoms in total. The number of fused-ring (bicyclic) bond motifs is 1. The number of halogens is 2. The summed E-state index contributed by atoms with van der Waals surface area (Å²) in [5, 5.41) is 0.788. The van der Waals surface area contributed by atoms with E-state index in [2.05, 4.69) is 0 Å². The summed E-state index contributed by atoms with van der Waals surface area (Å²) in [5.74, 6) is -0.934. The lowest BCUT2D eigenvalue weighted by atomic mass is 10.2. The Morgan fingerprint density at radius 2 is 1.87 bits per heavy atom. The summed E-state index contributed by atoms with van der Waals surface area (Å²) in [6.45, 7) is 0.168. The topological polar surface area (TPSA) is 25.2 Å². The van der Waals surface area contributed by atoms with Gasteiger partial charge in [-0.15, -0.1) is 0 Å². The van der Waals surface area contributed by atoms with Crippen LogP contribution in [0.25, 0.3) is 10.9 Å². The molecule has 2 aromatic carbocycles. The molecule has 5 heteroatoms. The van der Waals surface area contributed by atoms with E-state index in [1.807, 2.05) is 0 Å². The van der Waals surface area contributed by atoms with Gasteiger partial charge in [-0.1, -0.05) is 18.2 Å². The largest absolute Gasteiger partial charge is 0.340 e. The fourth-order valence-electron chi connectivity index (χ4n) is 2.66. The van der Waals surface area contributed by atoms with Gasteiger partial charge in [0, 0.05) is 31.6 Å². The number of amides is 1. The summed E-state index contributed by atoms with van der Waals surface area (Å²) < 4.78 is 28.7. The summed E-state index contributed by atoms with van der Waals surface area (Å²) in [7, 11) is 3.33. The van der Waals surface area contributed by atoms with E-state index in [0.29, 0.717) is 16.8 Å². The van der Waals surface area contributed by atoms with Gasteiger partial charge in [-0.2, -0.15) is 0 Å². The molecule has 0 bridgehead atoms. The van der Waals surface area contributed by atoms with Gasteiger partial charge in [0.15, 0.2) is 0 Å². The van der Waals surface area contributed by atoms with Gasteiger partial charge in [0.25, 0.3) is 5.91 Å². The Labute approximate surface area is 132 Å². The second-order valence-electron chi connectivity index (χ2n) is 5.54. The molecule has 0 aliphatic carbocycles. The smallest absolute Gasteiger partial charge is 0.270 e. The highest BCUT2D eigenvalue weighted by Crippen LogP contribution is 2.21. The molecule has 0 fully saturated rings. The highest BCUT2D eigenvalue weighted by Gasteiger charge is 2.18. The molecule has 3 rings (SSSR count). The minimum Gasteiger partial charge on any atom is -0.340 e. The van der Waals surface area contributed by atoms with E-state index >= 15 is 0 Å². The normalized spacial score (nSPS) is 11.0. The predicted octanol–water partition coefficient (Wildman–Crippen LogP) is 3.73. The van der Waals surface area contributed by atoms with Crippen molar-refractivity contribution in [1.82, 2.24) is 9.47 Å². The maximum Gasteiger partial charge on any atom is 0.270 e. The first-order chi connectivity index (χ1) is 11.0. The van der Waals surface area contributed by atoms with Crippen LogP contribution in [0.5, 0.6) is 0 Å². The summed E-state index contributed by atoms with van der Waals surface area (Å²) in [6.07, 6.45) is 0. The minimum atomic E-state index is -0.350. The maximum atomic E-state index is 13.7. The average molecular weight is 314 g/mol.